The summed E-state index contributed by atoms with van der Waals surface area (Å²) in [5.74, 6) is 1.24. The van der Waals surface area contributed by atoms with Crippen LogP contribution in [0.1, 0.15) is 26.2 Å². The molecule has 2 saturated heterocycles. The molecule has 2 aromatic heterocycles. The van der Waals surface area contributed by atoms with Crippen molar-refractivity contribution in [2.24, 2.45) is 5.92 Å². The summed E-state index contributed by atoms with van der Waals surface area (Å²) in [5, 5.41) is 4.59. The first kappa shape index (κ1) is 17.8. The molecule has 0 aliphatic carbocycles. The number of aromatic nitrogens is 3. The van der Waals surface area contributed by atoms with Crippen molar-refractivity contribution in [3.63, 3.8) is 0 Å². The molecule has 4 heterocycles. The van der Waals surface area contributed by atoms with Crippen LogP contribution in [0.5, 0.6) is 0 Å². The van der Waals surface area contributed by atoms with E-state index in [2.05, 4.69) is 21.9 Å². The van der Waals surface area contributed by atoms with E-state index in [9.17, 15) is 9.59 Å². The summed E-state index contributed by atoms with van der Waals surface area (Å²) in [6.07, 6.45) is 5.67. The molecule has 0 radical (unpaired) electrons. The highest BCUT2D eigenvalue weighted by Gasteiger charge is 2.33. The van der Waals surface area contributed by atoms with Crippen molar-refractivity contribution in [3.8, 4) is 0 Å². The van der Waals surface area contributed by atoms with Crippen LogP contribution in [0.2, 0.25) is 0 Å². The summed E-state index contributed by atoms with van der Waals surface area (Å²) in [7, 11) is 0. The maximum Gasteiger partial charge on any atom is 0.227 e. The molecular formula is C19H26N6O2. The third-order valence-corrected chi connectivity index (χ3v) is 5.50. The van der Waals surface area contributed by atoms with Crippen LogP contribution in [-0.2, 0) is 9.59 Å². The van der Waals surface area contributed by atoms with Crippen LogP contribution in [0.25, 0.3) is 5.65 Å². The lowest BCUT2D eigenvalue weighted by molar-refractivity contribution is -0.143. The molecule has 0 saturated carbocycles. The molecule has 0 spiro atoms. The van der Waals surface area contributed by atoms with Crippen LogP contribution in [-0.4, -0.2) is 75.5 Å². The average molecular weight is 370 g/mol. The summed E-state index contributed by atoms with van der Waals surface area (Å²) in [4.78, 5) is 35.1. The lowest BCUT2D eigenvalue weighted by atomic mass is 9.95. The van der Waals surface area contributed by atoms with E-state index in [0.717, 1.165) is 37.5 Å². The molecule has 1 atom stereocenters. The Bertz CT molecular complexity index is 826. The van der Waals surface area contributed by atoms with Gasteiger partial charge in [0, 0.05) is 58.1 Å². The number of amides is 2. The van der Waals surface area contributed by atoms with Gasteiger partial charge >= 0.3 is 0 Å². The molecule has 2 fully saturated rings. The number of carbonyl (C=O) groups excluding carboxylic acids is 2. The molecule has 2 aliphatic heterocycles. The molecular weight excluding hydrogens is 344 g/mol. The van der Waals surface area contributed by atoms with Gasteiger partial charge in [-0.1, -0.05) is 6.92 Å². The van der Waals surface area contributed by atoms with Gasteiger partial charge in [-0.15, -0.1) is 5.10 Å². The van der Waals surface area contributed by atoms with E-state index in [1.165, 1.54) is 0 Å². The van der Waals surface area contributed by atoms with E-state index >= 15 is 0 Å². The predicted molar refractivity (Wildman–Crippen MR) is 101 cm³/mol. The van der Waals surface area contributed by atoms with Gasteiger partial charge in [0.25, 0.3) is 0 Å². The fourth-order valence-corrected chi connectivity index (χ4v) is 3.99. The molecule has 2 amide bonds. The third kappa shape index (κ3) is 3.61. The highest BCUT2D eigenvalue weighted by atomic mass is 16.2. The quantitative estimate of drug-likeness (QED) is 0.804. The summed E-state index contributed by atoms with van der Waals surface area (Å²) >= 11 is 0. The first-order valence-corrected chi connectivity index (χ1v) is 9.77. The number of piperidine rings is 1. The van der Waals surface area contributed by atoms with Gasteiger partial charge in [0.2, 0.25) is 11.8 Å². The minimum atomic E-state index is -0.0544. The molecule has 0 aromatic carbocycles. The lowest BCUT2D eigenvalue weighted by Crippen LogP contribution is -2.53. The van der Waals surface area contributed by atoms with E-state index in [0.29, 0.717) is 32.5 Å². The normalized spacial score (nSPS) is 21.1. The fourth-order valence-electron chi connectivity index (χ4n) is 3.99. The maximum absolute atomic E-state index is 12.9. The fraction of sp³-hybridized carbons (Fsp3) is 0.579. The number of carbonyl (C=O) groups is 2. The van der Waals surface area contributed by atoms with E-state index < -0.39 is 0 Å². The Kier molecular flexibility index (Phi) is 4.96. The number of rotatable bonds is 4. The van der Waals surface area contributed by atoms with Crippen LogP contribution in [0.4, 0.5) is 5.82 Å². The first-order valence-electron chi connectivity index (χ1n) is 9.77. The Labute approximate surface area is 158 Å². The van der Waals surface area contributed by atoms with Crippen molar-refractivity contribution >= 4 is 23.3 Å². The van der Waals surface area contributed by atoms with Gasteiger partial charge in [0.05, 0.1) is 5.92 Å². The first-order chi connectivity index (χ1) is 13.2. The zero-order valence-electron chi connectivity index (χ0n) is 15.8. The Hall–Kier alpha value is -2.64. The maximum atomic E-state index is 12.9. The minimum absolute atomic E-state index is 0.0544. The Morgan fingerprint density at radius 1 is 1.22 bits per heavy atom. The second-order valence-corrected chi connectivity index (χ2v) is 7.31. The van der Waals surface area contributed by atoms with Gasteiger partial charge in [-0.05, 0) is 25.0 Å². The van der Waals surface area contributed by atoms with Crippen molar-refractivity contribution in [1.82, 2.24) is 24.4 Å². The average Bonchev–Trinajstić information content (AvgIpc) is 3.17. The van der Waals surface area contributed by atoms with Crippen molar-refractivity contribution in [2.45, 2.75) is 26.2 Å². The Balaban J connectivity index is 1.35. The minimum Gasteiger partial charge on any atom is -0.352 e. The summed E-state index contributed by atoms with van der Waals surface area (Å²) < 4.78 is 1.77. The standard InChI is InChI=1S/C19H26N6O2/c1-2-8-24-14-15(3-6-18(24)26)19(27)23-12-10-22(11-13-23)17-5-4-16-20-7-9-25(16)21-17/h4-5,7,9,15H,2-3,6,8,10-14H2,1H3/t15-/m1/s1. The molecule has 0 N–H and O–H groups in total. The van der Waals surface area contributed by atoms with Crippen molar-refractivity contribution in [2.75, 3.05) is 44.2 Å². The molecule has 8 nitrogen and oxygen atoms in total. The van der Waals surface area contributed by atoms with Crippen LogP contribution in [0.3, 0.4) is 0 Å². The molecule has 0 bridgehead atoms. The predicted octanol–water partition coefficient (Wildman–Crippen LogP) is 1.03. The molecule has 2 aliphatic rings. The van der Waals surface area contributed by atoms with E-state index in [-0.39, 0.29) is 17.7 Å². The van der Waals surface area contributed by atoms with Gasteiger partial charge in [-0.2, -0.15) is 0 Å². The zero-order valence-corrected chi connectivity index (χ0v) is 15.8. The zero-order chi connectivity index (χ0) is 18.8. The van der Waals surface area contributed by atoms with Gasteiger partial charge < -0.3 is 14.7 Å². The number of nitrogens with zero attached hydrogens (tertiary/aromatic N) is 6. The highest BCUT2D eigenvalue weighted by molar-refractivity contribution is 5.84. The van der Waals surface area contributed by atoms with Crippen molar-refractivity contribution in [1.29, 1.82) is 0 Å². The number of piperazine rings is 1. The number of hydrogen-bond donors (Lipinski definition) is 0. The Morgan fingerprint density at radius 2 is 2.04 bits per heavy atom. The number of likely N-dealkylation sites (tertiary alicyclic amines) is 1. The topological polar surface area (TPSA) is 74.1 Å². The van der Waals surface area contributed by atoms with Gasteiger partial charge in [-0.25, -0.2) is 9.50 Å². The molecule has 27 heavy (non-hydrogen) atoms. The lowest BCUT2D eigenvalue weighted by Gasteiger charge is -2.39. The summed E-state index contributed by atoms with van der Waals surface area (Å²) in [5.41, 5.74) is 0.830. The molecule has 144 valence electrons. The molecule has 4 rings (SSSR count). The smallest absolute Gasteiger partial charge is 0.227 e. The van der Waals surface area contributed by atoms with Crippen LogP contribution < -0.4 is 4.90 Å². The number of hydrogen-bond acceptors (Lipinski definition) is 5. The van der Waals surface area contributed by atoms with Gasteiger partial charge in [0.15, 0.2) is 5.65 Å². The number of anilines is 1. The second kappa shape index (κ2) is 7.54. The number of imidazole rings is 1. The number of fused-ring (bicyclic) bond motifs is 1. The van der Waals surface area contributed by atoms with Crippen molar-refractivity contribution < 1.29 is 9.59 Å². The van der Waals surface area contributed by atoms with Gasteiger partial charge in [-0.3, -0.25) is 9.59 Å². The molecule has 0 unspecified atom stereocenters. The van der Waals surface area contributed by atoms with Crippen LogP contribution >= 0.6 is 0 Å². The second-order valence-electron chi connectivity index (χ2n) is 7.31. The highest BCUT2D eigenvalue weighted by Crippen LogP contribution is 2.22. The van der Waals surface area contributed by atoms with E-state index in [1.807, 2.05) is 28.1 Å². The SMILES string of the molecule is CCCN1C[C@H](C(=O)N2CCN(c3ccc4nccn4n3)CC2)CCC1=O. The van der Waals surface area contributed by atoms with Crippen LogP contribution in [0, 0.1) is 5.92 Å². The van der Waals surface area contributed by atoms with Gasteiger partial charge in [0.1, 0.15) is 5.82 Å². The Morgan fingerprint density at radius 3 is 2.81 bits per heavy atom. The summed E-state index contributed by atoms with van der Waals surface area (Å²) in [6, 6.07) is 3.94. The molecule has 8 heteroatoms. The third-order valence-electron chi connectivity index (χ3n) is 5.50. The largest absolute Gasteiger partial charge is 0.352 e. The van der Waals surface area contributed by atoms with Crippen LogP contribution in [0.15, 0.2) is 24.5 Å². The van der Waals surface area contributed by atoms with Crippen molar-refractivity contribution in [3.05, 3.63) is 24.5 Å². The summed E-state index contributed by atoms with van der Waals surface area (Å²) in [6.45, 7) is 6.31. The monoisotopic (exact) mass is 370 g/mol. The van der Waals surface area contributed by atoms with E-state index in [4.69, 9.17) is 0 Å². The van der Waals surface area contributed by atoms with E-state index in [1.54, 1.807) is 10.7 Å². The molecule has 2 aromatic rings.